The fourth-order valence-corrected chi connectivity index (χ4v) is 2.46. The predicted molar refractivity (Wildman–Crippen MR) is 97.1 cm³/mol. The van der Waals surface area contributed by atoms with Crippen LogP contribution in [-0.4, -0.2) is 24.0 Å². The van der Waals surface area contributed by atoms with Crippen molar-refractivity contribution < 1.29 is 14.3 Å². The standard InChI is InChI=1S/C19H19ClN2O3/c1-12(25-17-7-3-5-14(20)11-17)18(23)22-16-6-2-4-13(10-16)19(24)21-15-8-9-15/h2-7,10-12,15H,8-9H2,1H3,(H,21,24)(H,22,23). The van der Waals surface area contributed by atoms with E-state index >= 15 is 0 Å². The van der Waals surface area contributed by atoms with Gasteiger partial charge in [0, 0.05) is 22.3 Å². The van der Waals surface area contributed by atoms with E-state index in [4.69, 9.17) is 16.3 Å². The lowest BCUT2D eigenvalue weighted by Gasteiger charge is -2.15. The van der Waals surface area contributed by atoms with Crippen LogP contribution in [0.25, 0.3) is 0 Å². The number of amides is 2. The zero-order valence-corrected chi connectivity index (χ0v) is 14.5. The van der Waals surface area contributed by atoms with E-state index in [-0.39, 0.29) is 17.9 Å². The molecule has 1 aliphatic rings. The minimum Gasteiger partial charge on any atom is -0.481 e. The number of ether oxygens (including phenoxy) is 1. The van der Waals surface area contributed by atoms with E-state index in [1.807, 2.05) is 0 Å². The van der Waals surface area contributed by atoms with Gasteiger partial charge >= 0.3 is 0 Å². The van der Waals surface area contributed by atoms with Crippen molar-refractivity contribution in [3.63, 3.8) is 0 Å². The molecular weight excluding hydrogens is 340 g/mol. The highest BCUT2D eigenvalue weighted by Gasteiger charge is 2.24. The summed E-state index contributed by atoms with van der Waals surface area (Å²) in [6.45, 7) is 1.65. The summed E-state index contributed by atoms with van der Waals surface area (Å²) in [6, 6.07) is 14.0. The van der Waals surface area contributed by atoms with Gasteiger partial charge in [-0.25, -0.2) is 0 Å². The Kier molecular flexibility index (Phi) is 5.24. The Morgan fingerprint density at radius 1 is 1.16 bits per heavy atom. The third-order valence-corrected chi connectivity index (χ3v) is 4.02. The zero-order valence-electron chi connectivity index (χ0n) is 13.8. The molecule has 0 aromatic heterocycles. The topological polar surface area (TPSA) is 67.4 Å². The molecule has 130 valence electrons. The summed E-state index contributed by atoms with van der Waals surface area (Å²) in [5.41, 5.74) is 1.07. The molecule has 2 N–H and O–H groups in total. The largest absolute Gasteiger partial charge is 0.481 e. The van der Waals surface area contributed by atoms with Gasteiger partial charge in [-0.2, -0.15) is 0 Å². The van der Waals surface area contributed by atoms with Crippen LogP contribution in [0, 0.1) is 0 Å². The highest BCUT2D eigenvalue weighted by molar-refractivity contribution is 6.30. The van der Waals surface area contributed by atoms with Crippen molar-refractivity contribution >= 4 is 29.1 Å². The highest BCUT2D eigenvalue weighted by atomic mass is 35.5. The monoisotopic (exact) mass is 358 g/mol. The molecule has 2 aromatic rings. The van der Waals surface area contributed by atoms with Gasteiger partial charge in [0.2, 0.25) is 0 Å². The van der Waals surface area contributed by atoms with Crippen molar-refractivity contribution in [2.24, 2.45) is 0 Å². The highest BCUT2D eigenvalue weighted by Crippen LogP contribution is 2.21. The van der Waals surface area contributed by atoms with Crippen molar-refractivity contribution in [1.82, 2.24) is 5.32 Å². The number of carbonyl (C=O) groups is 2. The zero-order chi connectivity index (χ0) is 17.8. The first kappa shape index (κ1) is 17.3. The van der Waals surface area contributed by atoms with Crippen molar-refractivity contribution in [3.05, 3.63) is 59.1 Å². The van der Waals surface area contributed by atoms with Gasteiger partial charge in [0.25, 0.3) is 11.8 Å². The Labute approximate surface area is 151 Å². The van der Waals surface area contributed by atoms with Crippen molar-refractivity contribution in [2.45, 2.75) is 31.9 Å². The van der Waals surface area contributed by atoms with Crippen LogP contribution in [0.15, 0.2) is 48.5 Å². The van der Waals surface area contributed by atoms with Gasteiger partial charge in [0.05, 0.1) is 0 Å². The van der Waals surface area contributed by atoms with Gasteiger partial charge in [-0.1, -0.05) is 23.7 Å². The number of nitrogens with one attached hydrogen (secondary N) is 2. The van der Waals surface area contributed by atoms with Gasteiger partial charge in [-0.15, -0.1) is 0 Å². The van der Waals surface area contributed by atoms with Crippen LogP contribution in [0.2, 0.25) is 5.02 Å². The summed E-state index contributed by atoms with van der Waals surface area (Å²) in [4.78, 5) is 24.4. The number of hydrogen-bond donors (Lipinski definition) is 2. The fourth-order valence-electron chi connectivity index (χ4n) is 2.28. The Hall–Kier alpha value is -2.53. The third kappa shape index (κ3) is 4.97. The van der Waals surface area contributed by atoms with Gasteiger partial charge in [-0.3, -0.25) is 9.59 Å². The molecule has 1 atom stereocenters. The predicted octanol–water partition coefficient (Wildman–Crippen LogP) is 3.64. The molecule has 0 radical (unpaired) electrons. The Bertz CT molecular complexity index is 790. The second kappa shape index (κ2) is 7.57. The second-order valence-corrected chi connectivity index (χ2v) is 6.47. The van der Waals surface area contributed by atoms with Gasteiger partial charge < -0.3 is 15.4 Å². The molecule has 25 heavy (non-hydrogen) atoms. The number of halogens is 1. The van der Waals surface area contributed by atoms with Crippen LogP contribution in [0.3, 0.4) is 0 Å². The first-order valence-corrected chi connectivity index (χ1v) is 8.53. The minimum absolute atomic E-state index is 0.123. The number of benzene rings is 2. The third-order valence-electron chi connectivity index (χ3n) is 3.78. The summed E-state index contributed by atoms with van der Waals surface area (Å²) in [5.74, 6) is 0.0919. The Morgan fingerprint density at radius 3 is 2.64 bits per heavy atom. The fraction of sp³-hybridized carbons (Fsp3) is 0.263. The van der Waals surface area contributed by atoms with Crippen LogP contribution in [0.4, 0.5) is 5.69 Å². The van der Waals surface area contributed by atoms with E-state index in [0.29, 0.717) is 22.0 Å². The maximum atomic E-state index is 12.3. The Morgan fingerprint density at radius 2 is 1.92 bits per heavy atom. The molecule has 0 spiro atoms. The molecule has 3 rings (SSSR count). The molecule has 1 unspecified atom stereocenters. The molecule has 5 nitrogen and oxygen atoms in total. The van der Waals surface area contributed by atoms with Gasteiger partial charge in [-0.05, 0) is 56.2 Å². The molecule has 6 heteroatoms. The van der Waals surface area contributed by atoms with Crippen LogP contribution in [-0.2, 0) is 4.79 Å². The van der Waals surface area contributed by atoms with Crippen molar-refractivity contribution in [3.8, 4) is 5.75 Å². The number of rotatable bonds is 6. The lowest BCUT2D eigenvalue weighted by atomic mass is 10.2. The summed E-state index contributed by atoms with van der Waals surface area (Å²) in [5, 5.41) is 6.23. The van der Waals surface area contributed by atoms with Gasteiger partial charge in [0.1, 0.15) is 5.75 Å². The molecule has 0 bridgehead atoms. The van der Waals surface area contributed by atoms with E-state index in [1.165, 1.54) is 0 Å². The van der Waals surface area contributed by atoms with Crippen LogP contribution < -0.4 is 15.4 Å². The molecule has 1 saturated carbocycles. The number of carbonyl (C=O) groups excluding carboxylic acids is 2. The van der Waals surface area contributed by atoms with Gasteiger partial charge in [0.15, 0.2) is 6.10 Å². The summed E-state index contributed by atoms with van der Waals surface area (Å²) in [7, 11) is 0. The number of hydrogen-bond acceptors (Lipinski definition) is 3. The van der Waals surface area contributed by atoms with E-state index in [1.54, 1.807) is 55.5 Å². The molecular formula is C19H19ClN2O3. The van der Waals surface area contributed by atoms with Crippen LogP contribution in [0.5, 0.6) is 5.75 Å². The van der Waals surface area contributed by atoms with E-state index < -0.39 is 6.10 Å². The van der Waals surface area contributed by atoms with E-state index in [0.717, 1.165) is 12.8 Å². The smallest absolute Gasteiger partial charge is 0.265 e. The molecule has 1 aliphatic carbocycles. The van der Waals surface area contributed by atoms with Crippen molar-refractivity contribution in [2.75, 3.05) is 5.32 Å². The first-order valence-electron chi connectivity index (χ1n) is 8.15. The minimum atomic E-state index is -0.706. The molecule has 2 aromatic carbocycles. The lowest BCUT2D eigenvalue weighted by molar-refractivity contribution is -0.122. The summed E-state index contributed by atoms with van der Waals surface area (Å²) >= 11 is 5.91. The van der Waals surface area contributed by atoms with E-state index in [2.05, 4.69) is 10.6 Å². The quantitative estimate of drug-likeness (QED) is 0.828. The summed E-state index contributed by atoms with van der Waals surface area (Å²) < 4.78 is 5.59. The molecule has 0 aliphatic heterocycles. The normalized spacial score (nSPS) is 14.5. The SMILES string of the molecule is CC(Oc1cccc(Cl)c1)C(=O)Nc1cccc(C(=O)NC2CC2)c1. The molecule has 2 amide bonds. The Balaban J connectivity index is 1.60. The average molecular weight is 359 g/mol. The lowest BCUT2D eigenvalue weighted by Crippen LogP contribution is -2.30. The average Bonchev–Trinajstić information content (AvgIpc) is 3.39. The summed E-state index contributed by atoms with van der Waals surface area (Å²) in [6.07, 6.45) is 1.35. The molecule has 0 heterocycles. The van der Waals surface area contributed by atoms with Crippen LogP contribution in [0.1, 0.15) is 30.1 Å². The molecule has 1 fully saturated rings. The molecule has 0 saturated heterocycles. The number of anilines is 1. The second-order valence-electron chi connectivity index (χ2n) is 6.04. The maximum absolute atomic E-state index is 12.3. The first-order chi connectivity index (χ1) is 12.0. The maximum Gasteiger partial charge on any atom is 0.265 e. The van der Waals surface area contributed by atoms with Crippen LogP contribution >= 0.6 is 11.6 Å². The van der Waals surface area contributed by atoms with Crippen molar-refractivity contribution in [1.29, 1.82) is 0 Å². The van der Waals surface area contributed by atoms with E-state index in [9.17, 15) is 9.59 Å².